The molecule has 2 fully saturated rings. The first-order valence-corrected chi connectivity index (χ1v) is 4.97. The number of rotatable bonds is 0. The van der Waals surface area contributed by atoms with Crippen molar-refractivity contribution in [2.45, 2.75) is 32.6 Å². The molecule has 0 aromatic carbocycles. The van der Waals surface area contributed by atoms with Crippen molar-refractivity contribution < 1.29 is 9.59 Å². The molecule has 1 heterocycles. The molecule has 1 N–H and O–H groups in total. The van der Waals surface area contributed by atoms with Gasteiger partial charge < -0.3 is 5.32 Å². The molecule has 0 aromatic heterocycles. The second-order valence-electron chi connectivity index (χ2n) is 4.49. The Morgan fingerprint density at radius 3 is 2.77 bits per heavy atom. The Kier molecular flexibility index (Phi) is 1.90. The number of amides is 1. The maximum absolute atomic E-state index is 11.6. The topological polar surface area (TPSA) is 46.2 Å². The van der Waals surface area contributed by atoms with Gasteiger partial charge in [0.1, 0.15) is 0 Å². The summed E-state index contributed by atoms with van der Waals surface area (Å²) in [7, 11) is 0. The maximum Gasteiger partial charge on any atom is 0.288 e. The minimum atomic E-state index is -0.367. The van der Waals surface area contributed by atoms with Gasteiger partial charge in [0.2, 0.25) is 5.78 Å². The molecule has 2 rings (SSSR count). The molecule has 1 aliphatic carbocycles. The van der Waals surface area contributed by atoms with Crippen molar-refractivity contribution in [2.24, 2.45) is 11.3 Å². The summed E-state index contributed by atoms with van der Waals surface area (Å²) in [5, 5.41) is 2.66. The Balaban J connectivity index is 2.20. The van der Waals surface area contributed by atoms with E-state index in [-0.39, 0.29) is 17.1 Å². The number of carbonyl (C=O) groups is 2. The van der Waals surface area contributed by atoms with Gasteiger partial charge in [-0.05, 0) is 18.8 Å². The Morgan fingerprint density at radius 1 is 1.46 bits per heavy atom. The molecule has 1 spiro atoms. The molecular weight excluding hydrogens is 166 g/mol. The zero-order valence-electron chi connectivity index (χ0n) is 7.93. The molecule has 1 amide bonds. The fraction of sp³-hybridized carbons (Fsp3) is 0.800. The largest absolute Gasteiger partial charge is 0.348 e. The molecule has 13 heavy (non-hydrogen) atoms. The van der Waals surface area contributed by atoms with Crippen LogP contribution >= 0.6 is 0 Å². The highest BCUT2D eigenvalue weighted by Crippen LogP contribution is 2.41. The van der Waals surface area contributed by atoms with Crippen molar-refractivity contribution in [2.75, 3.05) is 6.54 Å². The smallest absolute Gasteiger partial charge is 0.288 e. The minimum absolute atomic E-state index is 0.168. The first-order chi connectivity index (χ1) is 6.14. The lowest BCUT2D eigenvalue weighted by molar-refractivity contribution is -0.140. The zero-order valence-corrected chi connectivity index (χ0v) is 7.93. The second-order valence-corrected chi connectivity index (χ2v) is 4.49. The highest BCUT2D eigenvalue weighted by atomic mass is 16.2. The van der Waals surface area contributed by atoms with Crippen LogP contribution in [0.25, 0.3) is 0 Å². The van der Waals surface area contributed by atoms with Crippen LogP contribution in [0.5, 0.6) is 0 Å². The van der Waals surface area contributed by atoms with Gasteiger partial charge >= 0.3 is 0 Å². The van der Waals surface area contributed by atoms with Gasteiger partial charge in [-0.1, -0.05) is 19.8 Å². The molecule has 1 aliphatic heterocycles. The summed E-state index contributed by atoms with van der Waals surface area (Å²) >= 11 is 0. The molecule has 2 unspecified atom stereocenters. The summed E-state index contributed by atoms with van der Waals surface area (Å²) in [5.41, 5.74) is -0.325. The predicted octanol–water partition coefficient (Wildman–Crippen LogP) is 0.882. The van der Waals surface area contributed by atoms with Crippen LogP contribution in [0, 0.1) is 11.3 Å². The Hall–Kier alpha value is -0.860. The van der Waals surface area contributed by atoms with Gasteiger partial charge in [-0.3, -0.25) is 9.59 Å². The van der Waals surface area contributed by atoms with Crippen LogP contribution in [0.4, 0.5) is 0 Å². The number of carbonyl (C=O) groups excluding carboxylic acids is 2. The standard InChI is InChI=1S/C10H15NO2/c1-7-3-2-4-10(5-7)6-11-9(13)8(10)12/h7H,2-6H2,1H3,(H,11,13). The summed E-state index contributed by atoms with van der Waals surface area (Å²) in [6, 6.07) is 0. The highest BCUT2D eigenvalue weighted by Gasteiger charge is 2.48. The van der Waals surface area contributed by atoms with Crippen LogP contribution in [0.3, 0.4) is 0 Å². The molecular formula is C10H15NO2. The van der Waals surface area contributed by atoms with Gasteiger partial charge in [0, 0.05) is 6.54 Å². The number of hydrogen-bond acceptors (Lipinski definition) is 2. The van der Waals surface area contributed by atoms with Crippen molar-refractivity contribution in [3.8, 4) is 0 Å². The van der Waals surface area contributed by atoms with Crippen LogP contribution in [-0.4, -0.2) is 18.2 Å². The Labute approximate surface area is 77.9 Å². The summed E-state index contributed by atoms with van der Waals surface area (Å²) in [6.07, 6.45) is 4.07. The van der Waals surface area contributed by atoms with E-state index in [4.69, 9.17) is 0 Å². The van der Waals surface area contributed by atoms with Gasteiger partial charge in [-0.25, -0.2) is 0 Å². The van der Waals surface area contributed by atoms with E-state index in [1.807, 2.05) is 0 Å². The number of nitrogens with one attached hydrogen (secondary N) is 1. The molecule has 72 valence electrons. The van der Waals surface area contributed by atoms with Gasteiger partial charge in [0.15, 0.2) is 0 Å². The van der Waals surface area contributed by atoms with Crippen LogP contribution in [-0.2, 0) is 9.59 Å². The van der Waals surface area contributed by atoms with Gasteiger partial charge in [-0.15, -0.1) is 0 Å². The minimum Gasteiger partial charge on any atom is -0.348 e. The van der Waals surface area contributed by atoms with E-state index >= 15 is 0 Å². The van der Waals surface area contributed by atoms with E-state index in [2.05, 4.69) is 12.2 Å². The third-order valence-electron chi connectivity index (χ3n) is 3.37. The molecule has 2 atom stereocenters. The molecule has 0 aromatic rings. The number of Topliss-reactive ketones (excluding diaryl/α,β-unsaturated/α-hetero) is 1. The lowest BCUT2D eigenvalue weighted by atomic mass is 9.69. The van der Waals surface area contributed by atoms with Crippen molar-refractivity contribution >= 4 is 11.7 Å². The summed E-state index contributed by atoms with van der Waals surface area (Å²) < 4.78 is 0. The van der Waals surface area contributed by atoms with E-state index in [9.17, 15) is 9.59 Å². The highest BCUT2D eigenvalue weighted by molar-refractivity contribution is 6.40. The van der Waals surface area contributed by atoms with Gasteiger partial charge in [0.05, 0.1) is 5.41 Å². The molecule has 1 saturated heterocycles. The zero-order chi connectivity index (χ0) is 9.47. The summed E-state index contributed by atoms with van der Waals surface area (Å²) in [5.74, 6) is 0.0542. The van der Waals surface area contributed by atoms with E-state index < -0.39 is 0 Å². The third-order valence-corrected chi connectivity index (χ3v) is 3.37. The van der Waals surface area contributed by atoms with E-state index in [1.54, 1.807) is 0 Å². The maximum atomic E-state index is 11.6. The SMILES string of the molecule is CC1CCCC2(CNC(=O)C2=O)C1. The molecule has 0 bridgehead atoms. The molecule has 2 aliphatic rings. The van der Waals surface area contributed by atoms with Crippen LogP contribution < -0.4 is 5.32 Å². The quantitative estimate of drug-likeness (QED) is 0.564. The lowest BCUT2D eigenvalue weighted by Crippen LogP contribution is -2.36. The Morgan fingerprint density at radius 2 is 2.23 bits per heavy atom. The van der Waals surface area contributed by atoms with E-state index in [0.29, 0.717) is 12.5 Å². The molecule has 1 saturated carbocycles. The fourth-order valence-electron chi connectivity index (χ4n) is 2.68. The lowest BCUT2D eigenvalue weighted by Gasteiger charge is -2.33. The van der Waals surface area contributed by atoms with Gasteiger partial charge in [0.25, 0.3) is 5.91 Å². The van der Waals surface area contributed by atoms with Crippen molar-refractivity contribution in [1.82, 2.24) is 5.32 Å². The summed E-state index contributed by atoms with van der Waals surface area (Å²) in [6.45, 7) is 2.74. The Bertz CT molecular complexity index is 262. The summed E-state index contributed by atoms with van der Waals surface area (Å²) in [4.78, 5) is 22.7. The van der Waals surface area contributed by atoms with Crippen molar-refractivity contribution in [1.29, 1.82) is 0 Å². The predicted molar refractivity (Wildman–Crippen MR) is 48.1 cm³/mol. The molecule has 3 heteroatoms. The van der Waals surface area contributed by atoms with E-state index in [0.717, 1.165) is 19.3 Å². The van der Waals surface area contributed by atoms with E-state index in [1.165, 1.54) is 6.42 Å². The molecule has 3 nitrogen and oxygen atoms in total. The average Bonchev–Trinajstić information content (AvgIpc) is 2.35. The number of hydrogen-bond donors (Lipinski definition) is 1. The average molecular weight is 181 g/mol. The first-order valence-electron chi connectivity index (χ1n) is 4.97. The molecule has 0 radical (unpaired) electrons. The fourth-order valence-corrected chi connectivity index (χ4v) is 2.68. The van der Waals surface area contributed by atoms with Gasteiger partial charge in [-0.2, -0.15) is 0 Å². The first kappa shape index (κ1) is 8.73. The van der Waals surface area contributed by atoms with Crippen LogP contribution in [0.15, 0.2) is 0 Å². The van der Waals surface area contributed by atoms with Crippen LogP contribution in [0.2, 0.25) is 0 Å². The second kappa shape index (κ2) is 2.82. The van der Waals surface area contributed by atoms with Crippen molar-refractivity contribution in [3.63, 3.8) is 0 Å². The van der Waals surface area contributed by atoms with Crippen LogP contribution in [0.1, 0.15) is 32.6 Å². The normalized spacial score (nSPS) is 39.6. The van der Waals surface area contributed by atoms with Crippen molar-refractivity contribution in [3.05, 3.63) is 0 Å². The third kappa shape index (κ3) is 1.26. The number of ketones is 1. The monoisotopic (exact) mass is 181 g/mol.